The van der Waals surface area contributed by atoms with Crippen LogP contribution in [-0.2, 0) is 0 Å². The monoisotopic (exact) mass is 181 g/mol. The Morgan fingerprint density at radius 2 is 2.38 bits per heavy atom. The first-order chi connectivity index (χ1) is 6.24. The zero-order valence-electron chi connectivity index (χ0n) is 7.75. The quantitative estimate of drug-likeness (QED) is 0.635. The highest BCUT2D eigenvalue weighted by Gasteiger charge is 2.21. The molecule has 0 saturated heterocycles. The molecule has 4 N–H and O–H groups in total. The number of anilines is 2. The van der Waals surface area contributed by atoms with Gasteiger partial charge in [-0.05, 0) is 25.2 Å². The Morgan fingerprint density at radius 3 is 2.92 bits per heavy atom. The molecule has 0 aromatic carbocycles. The molecule has 13 heavy (non-hydrogen) atoms. The Labute approximate surface area is 77.1 Å². The summed E-state index contributed by atoms with van der Waals surface area (Å²) in [5.74, 6) is 1.80. The molecular weight excluding hydrogens is 166 g/mol. The molecule has 2 atom stereocenters. The largest absolute Gasteiger partial charge is 0.368 e. The van der Waals surface area contributed by atoms with Gasteiger partial charge < -0.3 is 11.1 Å². The highest BCUT2D eigenvalue weighted by atomic mass is 15.3. The van der Waals surface area contributed by atoms with E-state index in [1.807, 2.05) is 0 Å². The van der Waals surface area contributed by atoms with Crippen molar-refractivity contribution in [3.63, 3.8) is 0 Å². The third-order valence-electron chi connectivity index (χ3n) is 2.53. The van der Waals surface area contributed by atoms with E-state index in [0.29, 0.717) is 17.9 Å². The number of nitrogens with zero attached hydrogens (tertiary/aromatic N) is 2. The number of rotatable bonds is 2. The predicted molar refractivity (Wildman–Crippen MR) is 51.2 cm³/mol. The van der Waals surface area contributed by atoms with Crippen LogP contribution in [0.15, 0.2) is 0 Å². The van der Waals surface area contributed by atoms with E-state index in [4.69, 9.17) is 5.73 Å². The van der Waals surface area contributed by atoms with E-state index in [2.05, 4.69) is 27.4 Å². The summed E-state index contributed by atoms with van der Waals surface area (Å²) in [6.07, 6.45) is 3.70. The molecule has 0 amide bonds. The lowest BCUT2D eigenvalue weighted by atomic mass is 10.1. The number of H-pyrrole nitrogens is 1. The molecule has 2 rings (SSSR count). The number of aromatic amines is 1. The molecule has 1 fully saturated rings. The van der Waals surface area contributed by atoms with Crippen molar-refractivity contribution >= 4 is 11.9 Å². The minimum Gasteiger partial charge on any atom is -0.368 e. The lowest BCUT2D eigenvalue weighted by Gasteiger charge is -2.09. The Hall–Kier alpha value is -1.26. The maximum atomic E-state index is 5.41. The maximum Gasteiger partial charge on any atom is 0.243 e. The third-order valence-corrected chi connectivity index (χ3v) is 2.53. The Morgan fingerprint density at radius 1 is 1.54 bits per heavy atom. The number of nitrogens with one attached hydrogen (secondary N) is 2. The molecule has 0 spiro atoms. The summed E-state index contributed by atoms with van der Waals surface area (Å²) in [5.41, 5.74) is 5.41. The van der Waals surface area contributed by atoms with Gasteiger partial charge in [-0.25, -0.2) is 5.10 Å². The fraction of sp³-hybridized carbons (Fsp3) is 0.750. The molecule has 2 unspecified atom stereocenters. The van der Waals surface area contributed by atoms with Crippen LogP contribution in [0.4, 0.5) is 11.9 Å². The minimum atomic E-state index is 0.369. The second kappa shape index (κ2) is 3.24. The average molecular weight is 181 g/mol. The van der Waals surface area contributed by atoms with E-state index >= 15 is 0 Å². The highest BCUT2D eigenvalue weighted by Crippen LogP contribution is 2.26. The van der Waals surface area contributed by atoms with Gasteiger partial charge in [0.2, 0.25) is 11.9 Å². The minimum absolute atomic E-state index is 0.369. The molecule has 0 bridgehead atoms. The van der Waals surface area contributed by atoms with E-state index in [0.717, 1.165) is 5.92 Å². The molecule has 1 aromatic rings. The summed E-state index contributed by atoms with van der Waals surface area (Å²) >= 11 is 0. The van der Waals surface area contributed by atoms with Gasteiger partial charge in [0.25, 0.3) is 0 Å². The van der Waals surface area contributed by atoms with E-state index < -0.39 is 0 Å². The van der Waals surface area contributed by atoms with Crippen molar-refractivity contribution in [2.75, 3.05) is 11.1 Å². The van der Waals surface area contributed by atoms with E-state index in [-0.39, 0.29) is 0 Å². The smallest absolute Gasteiger partial charge is 0.243 e. The van der Waals surface area contributed by atoms with Gasteiger partial charge in [-0.1, -0.05) is 6.92 Å². The van der Waals surface area contributed by atoms with Gasteiger partial charge in [-0.3, -0.25) is 0 Å². The molecule has 0 aliphatic heterocycles. The molecule has 5 heteroatoms. The van der Waals surface area contributed by atoms with Gasteiger partial charge in [-0.2, -0.15) is 4.98 Å². The molecular formula is C8H15N5. The van der Waals surface area contributed by atoms with Crippen LogP contribution in [0.25, 0.3) is 0 Å². The number of hydrogen-bond donors (Lipinski definition) is 3. The topological polar surface area (TPSA) is 79.6 Å². The molecule has 1 aliphatic rings. The predicted octanol–water partition coefficient (Wildman–Crippen LogP) is 0.987. The number of nitrogen functional groups attached to an aromatic ring is 1. The van der Waals surface area contributed by atoms with Crippen LogP contribution in [0.3, 0.4) is 0 Å². The molecule has 1 saturated carbocycles. The average Bonchev–Trinajstić information content (AvgIpc) is 2.62. The van der Waals surface area contributed by atoms with Crippen LogP contribution in [0, 0.1) is 5.92 Å². The molecule has 0 radical (unpaired) electrons. The molecule has 1 aromatic heterocycles. The van der Waals surface area contributed by atoms with Gasteiger partial charge in [0, 0.05) is 6.04 Å². The van der Waals surface area contributed by atoms with Crippen LogP contribution in [0.5, 0.6) is 0 Å². The fourth-order valence-corrected chi connectivity index (χ4v) is 1.86. The highest BCUT2D eigenvalue weighted by molar-refractivity contribution is 5.31. The molecule has 5 nitrogen and oxygen atoms in total. The van der Waals surface area contributed by atoms with Crippen molar-refractivity contribution in [1.82, 2.24) is 15.2 Å². The second-order valence-corrected chi connectivity index (χ2v) is 3.80. The molecule has 1 heterocycles. The van der Waals surface area contributed by atoms with E-state index in [1.165, 1.54) is 19.3 Å². The SMILES string of the molecule is CC1CCC(Nc2n[nH]c(N)n2)C1. The van der Waals surface area contributed by atoms with Crippen molar-refractivity contribution < 1.29 is 0 Å². The van der Waals surface area contributed by atoms with Crippen molar-refractivity contribution in [2.45, 2.75) is 32.2 Å². The second-order valence-electron chi connectivity index (χ2n) is 3.80. The fourth-order valence-electron chi connectivity index (χ4n) is 1.86. The van der Waals surface area contributed by atoms with Crippen molar-refractivity contribution in [3.05, 3.63) is 0 Å². The standard InChI is InChI=1S/C8H15N5/c1-5-2-3-6(4-5)10-8-11-7(9)12-13-8/h5-6H,2-4H2,1H3,(H4,9,10,11,12,13). The lowest BCUT2D eigenvalue weighted by Crippen LogP contribution is -2.16. The molecule has 1 aliphatic carbocycles. The van der Waals surface area contributed by atoms with Crippen LogP contribution in [0.2, 0.25) is 0 Å². The molecule has 72 valence electrons. The zero-order valence-corrected chi connectivity index (χ0v) is 7.75. The first kappa shape index (κ1) is 8.34. The zero-order chi connectivity index (χ0) is 9.26. The summed E-state index contributed by atoms with van der Waals surface area (Å²) in [6.45, 7) is 2.27. The van der Waals surface area contributed by atoms with Crippen molar-refractivity contribution in [1.29, 1.82) is 0 Å². The number of aromatic nitrogens is 3. The lowest BCUT2D eigenvalue weighted by molar-refractivity contribution is 0.602. The van der Waals surface area contributed by atoms with Crippen molar-refractivity contribution in [2.24, 2.45) is 5.92 Å². The summed E-state index contributed by atoms with van der Waals surface area (Å²) in [6, 6.07) is 0.519. The van der Waals surface area contributed by atoms with Gasteiger partial charge in [-0.15, -0.1) is 5.10 Å². The summed E-state index contributed by atoms with van der Waals surface area (Å²) in [5, 5.41) is 9.80. The van der Waals surface area contributed by atoms with E-state index in [9.17, 15) is 0 Å². The number of hydrogen-bond acceptors (Lipinski definition) is 4. The number of nitrogens with two attached hydrogens (primary N) is 1. The van der Waals surface area contributed by atoms with Crippen LogP contribution in [0.1, 0.15) is 26.2 Å². The Kier molecular flexibility index (Phi) is 2.08. The van der Waals surface area contributed by atoms with Crippen LogP contribution < -0.4 is 11.1 Å². The van der Waals surface area contributed by atoms with Crippen LogP contribution in [-0.4, -0.2) is 21.2 Å². The maximum absolute atomic E-state index is 5.41. The third kappa shape index (κ3) is 1.91. The Balaban J connectivity index is 1.91. The van der Waals surface area contributed by atoms with Gasteiger partial charge in [0.05, 0.1) is 0 Å². The Bertz CT molecular complexity index is 282. The normalized spacial score (nSPS) is 27.8. The van der Waals surface area contributed by atoms with E-state index in [1.54, 1.807) is 0 Å². The summed E-state index contributed by atoms with van der Waals surface area (Å²) in [4.78, 5) is 4.00. The van der Waals surface area contributed by atoms with Crippen molar-refractivity contribution in [3.8, 4) is 0 Å². The van der Waals surface area contributed by atoms with Gasteiger partial charge >= 0.3 is 0 Å². The van der Waals surface area contributed by atoms with Gasteiger partial charge in [0.15, 0.2) is 0 Å². The summed E-state index contributed by atoms with van der Waals surface area (Å²) in [7, 11) is 0. The van der Waals surface area contributed by atoms with Gasteiger partial charge in [0.1, 0.15) is 0 Å². The first-order valence-electron chi connectivity index (χ1n) is 4.68. The summed E-state index contributed by atoms with van der Waals surface area (Å²) < 4.78 is 0. The first-order valence-corrected chi connectivity index (χ1v) is 4.68. The van der Waals surface area contributed by atoms with Crippen LogP contribution >= 0.6 is 0 Å².